The van der Waals surface area contributed by atoms with Gasteiger partial charge < -0.3 is 4.90 Å². The first-order chi connectivity index (χ1) is 10.7. The highest BCUT2D eigenvalue weighted by molar-refractivity contribution is 6.31. The molecule has 1 aromatic carbocycles. The molecular formula is C20H29ClNO. The maximum atomic E-state index is 13.6. The molecule has 1 radical (unpaired) electrons. The minimum atomic E-state index is -0.689. The van der Waals surface area contributed by atoms with Crippen molar-refractivity contribution in [3.05, 3.63) is 41.8 Å². The highest BCUT2D eigenvalue weighted by Crippen LogP contribution is 2.48. The number of carbonyl (C=O) groups is 1. The van der Waals surface area contributed by atoms with E-state index in [2.05, 4.69) is 34.6 Å². The van der Waals surface area contributed by atoms with Gasteiger partial charge in [-0.25, -0.2) is 0 Å². The predicted octanol–water partition coefficient (Wildman–Crippen LogP) is 5.11. The van der Waals surface area contributed by atoms with Crippen LogP contribution >= 0.6 is 11.6 Å². The van der Waals surface area contributed by atoms with Crippen molar-refractivity contribution in [2.75, 3.05) is 13.1 Å². The van der Waals surface area contributed by atoms with Crippen LogP contribution in [0.3, 0.4) is 0 Å². The number of piperidine rings is 1. The van der Waals surface area contributed by atoms with Crippen LogP contribution < -0.4 is 0 Å². The van der Waals surface area contributed by atoms with Gasteiger partial charge in [0.1, 0.15) is 0 Å². The molecule has 0 aliphatic carbocycles. The molecule has 23 heavy (non-hydrogen) atoms. The molecule has 1 unspecified atom stereocenters. The van der Waals surface area contributed by atoms with Gasteiger partial charge in [-0.1, -0.05) is 64.4 Å². The Morgan fingerprint density at radius 1 is 1.26 bits per heavy atom. The van der Waals surface area contributed by atoms with E-state index in [9.17, 15) is 4.79 Å². The Labute approximate surface area is 146 Å². The molecule has 1 aromatic rings. The molecule has 0 saturated carbocycles. The molecule has 2 rings (SSSR count). The number of benzene rings is 1. The molecule has 1 amide bonds. The van der Waals surface area contributed by atoms with Gasteiger partial charge in [0, 0.05) is 18.1 Å². The van der Waals surface area contributed by atoms with E-state index in [0.717, 1.165) is 31.5 Å². The van der Waals surface area contributed by atoms with Crippen LogP contribution in [0.15, 0.2) is 24.3 Å². The van der Waals surface area contributed by atoms with Gasteiger partial charge in [0.15, 0.2) is 0 Å². The van der Waals surface area contributed by atoms with E-state index < -0.39 is 5.41 Å². The first kappa shape index (κ1) is 18.3. The number of hydrogen-bond acceptors (Lipinski definition) is 1. The van der Waals surface area contributed by atoms with Crippen LogP contribution in [0.5, 0.6) is 0 Å². The predicted molar refractivity (Wildman–Crippen MR) is 97.5 cm³/mol. The molecule has 2 nitrogen and oxygen atoms in total. The smallest absolute Gasteiger partial charge is 0.233 e. The Hall–Kier alpha value is -1.02. The normalized spacial score (nSPS) is 19.5. The molecule has 0 N–H and O–H groups in total. The summed E-state index contributed by atoms with van der Waals surface area (Å²) >= 11 is 6.50. The maximum absolute atomic E-state index is 13.6. The van der Waals surface area contributed by atoms with Crippen molar-refractivity contribution in [3.63, 3.8) is 0 Å². The minimum Gasteiger partial charge on any atom is -0.342 e. The van der Waals surface area contributed by atoms with Crippen molar-refractivity contribution in [2.24, 2.45) is 11.3 Å². The van der Waals surface area contributed by atoms with Crippen LogP contribution in [0.1, 0.15) is 52.5 Å². The zero-order valence-corrected chi connectivity index (χ0v) is 15.6. The molecular weight excluding hydrogens is 306 g/mol. The molecule has 127 valence electrons. The summed E-state index contributed by atoms with van der Waals surface area (Å²) in [6.07, 6.45) is 2.66. The van der Waals surface area contributed by atoms with Crippen molar-refractivity contribution >= 4 is 17.5 Å². The van der Waals surface area contributed by atoms with Crippen molar-refractivity contribution < 1.29 is 4.79 Å². The Morgan fingerprint density at radius 3 is 2.30 bits per heavy atom. The molecule has 1 aliphatic rings. The summed E-state index contributed by atoms with van der Waals surface area (Å²) < 4.78 is 0. The second-order valence-corrected chi connectivity index (χ2v) is 8.27. The van der Waals surface area contributed by atoms with Crippen LogP contribution in [0.2, 0.25) is 5.02 Å². The van der Waals surface area contributed by atoms with E-state index in [4.69, 9.17) is 11.6 Å². The molecule has 0 aromatic heterocycles. The van der Waals surface area contributed by atoms with E-state index in [1.165, 1.54) is 0 Å². The van der Waals surface area contributed by atoms with E-state index >= 15 is 0 Å². The Morgan fingerprint density at radius 2 is 1.83 bits per heavy atom. The summed E-state index contributed by atoms with van der Waals surface area (Å²) in [4.78, 5) is 15.6. The Balaban J connectivity index is 2.50. The highest BCUT2D eigenvalue weighted by atomic mass is 35.5. The molecule has 0 bridgehead atoms. The Kier molecular flexibility index (Phi) is 5.45. The third kappa shape index (κ3) is 3.28. The fourth-order valence-electron chi connectivity index (χ4n) is 3.75. The molecule has 1 fully saturated rings. The topological polar surface area (TPSA) is 20.3 Å². The van der Waals surface area contributed by atoms with E-state index in [1.807, 2.05) is 29.2 Å². The van der Waals surface area contributed by atoms with Crippen LogP contribution in [0.4, 0.5) is 0 Å². The quantitative estimate of drug-likeness (QED) is 0.752. The maximum Gasteiger partial charge on any atom is 0.233 e. The average molecular weight is 335 g/mol. The minimum absolute atomic E-state index is 0.181. The summed E-state index contributed by atoms with van der Waals surface area (Å²) in [5.41, 5.74) is -0.0426. The number of rotatable bonds is 3. The summed E-state index contributed by atoms with van der Waals surface area (Å²) in [6.45, 7) is 14.4. The number of amides is 1. The first-order valence-corrected chi connectivity index (χ1v) is 8.95. The summed E-state index contributed by atoms with van der Waals surface area (Å²) in [5.74, 6) is 0.878. The molecule has 1 atom stereocenters. The Bertz CT molecular complexity index is 555. The van der Waals surface area contributed by atoms with Crippen LogP contribution in [-0.4, -0.2) is 23.9 Å². The van der Waals surface area contributed by atoms with Gasteiger partial charge in [-0.2, -0.15) is 0 Å². The lowest BCUT2D eigenvalue weighted by molar-refractivity contribution is -0.143. The van der Waals surface area contributed by atoms with Gasteiger partial charge in [-0.3, -0.25) is 4.79 Å². The zero-order chi connectivity index (χ0) is 17.3. The van der Waals surface area contributed by atoms with Crippen LogP contribution in [0.25, 0.3) is 0 Å². The number of nitrogens with zero attached hydrogens (tertiary/aromatic N) is 1. The third-order valence-corrected chi connectivity index (χ3v) is 5.75. The van der Waals surface area contributed by atoms with Crippen molar-refractivity contribution in [1.29, 1.82) is 0 Å². The lowest BCUT2D eigenvalue weighted by Gasteiger charge is -2.47. The average Bonchev–Trinajstić information content (AvgIpc) is 2.49. The largest absolute Gasteiger partial charge is 0.342 e. The van der Waals surface area contributed by atoms with E-state index in [-0.39, 0.29) is 11.3 Å². The van der Waals surface area contributed by atoms with Gasteiger partial charge in [-0.15, -0.1) is 0 Å². The fraction of sp³-hybridized carbons (Fsp3) is 0.600. The third-order valence-electron chi connectivity index (χ3n) is 5.42. The van der Waals surface area contributed by atoms with Crippen molar-refractivity contribution in [1.82, 2.24) is 4.90 Å². The molecule has 3 heteroatoms. The SMILES string of the molecule is [CH2]CC(C(=O)N1CCC(C)CC1)(c1ccccc1Cl)C(C)(C)C. The number of halogens is 1. The monoisotopic (exact) mass is 334 g/mol. The number of likely N-dealkylation sites (tertiary alicyclic amines) is 1. The second-order valence-electron chi connectivity index (χ2n) is 7.86. The van der Waals surface area contributed by atoms with E-state index in [1.54, 1.807) is 0 Å². The van der Waals surface area contributed by atoms with Gasteiger partial charge in [0.2, 0.25) is 5.91 Å². The fourth-order valence-corrected chi connectivity index (χ4v) is 4.04. The summed E-state index contributed by atoms with van der Waals surface area (Å²) in [6, 6.07) is 7.74. The summed E-state index contributed by atoms with van der Waals surface area (Å²) in [7, 11) is 0. The summed E-state index contributed by atoms with van der Waals surface area (Å²) in [5, 5.41) is 0.657. The molecule has 0 spiro atoms. The second kappa shape index (κ2) is 6.84. The lowest BCUT2D eigenvalue weighted by Crippen LogP contribution is -2.55. The lowest BCUT2D eigenvalue weighted by atomic mass is 9.60. The zero-order valence-electron chi connectivity index (χ0n) is 14.9. The molecule has 1 aliphatic heterocycles. The van der Waals surface area contributed by atoms with Gasteiger partial charge in [-0.05, 0) is 42.2 Å². The molecule has 1 saturated heterocycles. The first-order valence-electron chi connectivity index (χ1n) is 8.57. The number of hydrogen-bond donors (Lipinski definition) is 0. The van der Waals surface area contributed by atoms with Crippen LogP contribution in [-0.2, 0) is 10.2 Å². The van der Waals surface area contributed by atoms with Gasteiger partial charge >= 0.3 is 0 Å². The van der Waals surface area contributed by atoms with Crippen molar-refractivity contribution in [3.8, 4) is 0 Å². The van der Waals surface area contributed by atoms with Gasteiger partial charge in [0.05, 0.1) is 5.41 Å². The van der Waals surface area contributed by atoms with E-state index in [0.29, 0.717) is 17.4 Å². The number of carbonyl (C=O) groups excluding carboxylic acids is 1. The van der Waals surface area contributed by atoms with Crippen LogP contribution in [0, 0.1) is 18.3 Å². The van der Waals surface area contributed by atoms with Gasteiger partial charge in [0.25, 0.3) is 0 Å². The molecule has 1 heterocycles. The highest BCUT2D eigenvalue weighted by Gasteiger charge is 2.51. The standard InChI is InChI=1S/C20H29ClNO/c1-6-20(19(3,4)5,16-9-7-8-10-17(16)21)18(23)22-13-11-15(2)12-14-22/h7-10,15H,1,6,11-14H2,2-5H3. The van der Waals surface area contributed by atoms with Crippen molar-refractivity contribution in [2.45, 2.75) is 52.4 Å².